The summed E-state index contributed by atoms with van der Waals surface area (Å²) in [5.74, 6) is 2.42. The van der Waals surface area contributed by atoms with Crippen LogP contribution in [0.25, 0.3) is 0 Å². The lowest BCUT2D eigenvalue weighted by atomic mass is 9.87. The summed E-state index contributed by atoms with van der Waals surface area (Å²) < 4.78 is 0. The lowest BCUT2D eigenvalue weighted by Gasteiger charge is -2.33. The van der Waals surface area contributed by atoms with Gasteiger partial charge in [0.2, 0.25) is 5.91 Å². The molecule has 0 aromatic carbocycles. The maximum atomic E-state index is 12.0. The van der Waals surface area contributed by atoms with Gasteiger partial charge in [-0.3, -0.25) is 9.59 Å². The van der Waals surface area contributed by atoms with E-state index in [4.69, 9.17) is 0 Å². The standard InChI is InChI=1S/C27H51N3O2/c1-3-5-6-7-17-28-27(32)16-23-30-20-13-25(14-21-30)10-8-9-24-11-18-29(19-12-24)22-15-26(31)4-2/h24-25H,3-23H2,1-2H3,(H,28,32). The highest BCUT2D eigenvalue weighted by Gasteiger charge is 2.22. The molecule has 0 atom stereocenters. The molecule has 2 heterocycles. The predicted octanol–water partition coefficient (Wildman–Crippen LogP) is 5.04. The van der Waals surface area contributed by atoms with E-state index in [-0.39, 0.29) is 5.91 Å². The minimum absolute atomic E-state index is 0.228. The van der Waals surface area contributed by atoms with Gasteiger partial charge in [0.05, 0.1) is 0 Å². The van der Waals surface area contributed by atoms with Crippen molar-refractivity contribution in [2.45, 2.75) is 104 Å². The van der Waals surface area contributed by atoms with Crippen molar-refractivity contribution in [3.05, 3.63) is 0 Å². The third-order valence-corrected chi connectivity index (χ3v) is 7.75. The van der Waals surface area contributed by atoms with Crippen molar-refractivity contribution in [1.29, 1.82) is 0 Å². The van der Waals surface area contributed by atoms with Gasteiger partial charge in [-0.1, -0.05) is 52.4 Å². The average molecular weight is 450 g/mol. The molecule has 0 aromatic rings. The number of unbranched alkanes of at least 4 members (excludes halogenated alkanes) is 3. The topological polar surface area (TPSA) is 52.7 Å². The number of amides is 1. The van der Waals surface area contributed by atoms with Crippen molar-refractivity contribution in [2.24, 2.45) is 11.8 Å². The third-order valence-electron chi connectivity index (χ3n) is 7.75. The summed E-state index contributed by atoms with van der Waals surface area (Å²) in [5, 5.41) is 3.08. The van der Waals surface area contributed by atoms with E-state index < -0.39 is 0 Å². The summed E-state index contributed by atoms with van der Waals surface area (Å²) in [6.07, 6.45) is 16.3. The van der Waals surface area contributed by atoms with Crippen LogP contribution >= 0.6 is 0 Å². The molecule has 0 aromatic heterocycles. The van der Waals surface area contributed by atoms with Crippen molar-refractivity contribution in [1.82, 2.24) is 15.1 Å². The van der Waals surface area contributed by atoms with Crippen molar-refractivity contribution in [3.8, 4) is 0 Å². The van der Waals surface area contributed by atoms with E-state index in [1.165, 1.54) is 90.4 Å². The molecule has 1 N–H and O–H groups in total. The SMILES string of the molecule is CCCCCCNC(=O)CCN1CCC(CCCC2CCN(CCC(=O)CC)CC2)CC1. The zero-order chi connectivity index (χ0) is 23.0. The Kier molecular flexibility index (Phi) is 14.2. The zero-order valence-corrected chi connectivity index (χ0v) is 21.2. The minimum Gasteiger partial charge on any atom is -0.356 e. The molecule has 0 radical (unpaired) electrons. The fraction of sp³-hybridized carbons (Fsp3) is 0.926. The molecule has 0 aliphatic carbocycles. The summed E-state index contributed by atoms with van der Waals surface area (Å²) >= 11 is 0. The van der Waals surface area contributed by atoms with Gasteiger partial charge in [0.15, 0.2) is 0 Å². The molecule has 2 rings (SSSR count). The van der Waals surface area contributed by atoms with Gasteiger partial charge in [-0.05, 0) is 70.1 Å². The molecule has 0 saturated carbocycles. The molecule has 186 valence electrons. The van der Waals surface area contributed by atoms with Crippen molar-refractivity contribution < 1.29 is 9.59 Å². The van der Waals surface area contributed by atoms with Crippen molar-refractivity contribution in [3.63, 3.8) is 0 Å². The first-order valence-corrected chi connectivity index (χ1v) is 13.8. The van der Waals surface area contributed by atoms with E-state index in [0.717, 1.165) is 44.3 Å². The van der Waals surface area contributed by atoms with Gasteiger partial charge in [-0.2, -0.15) is 0 Å². The van der Waals surface area contributed by atoms with Crippen LogP contribution in [0.5, 0.6) is 0 Å². The summed E-state index contributed by atoms with van der Waals surface area (Å²) in [6, 6.07) is 0. The number of likely N-dealkylation sites (tertiary alicyclic amines) is 2. The first-order chi connectivity index (χ1) is 15.6. The van der Waals surface area contributed by atoms with Gasteiger partial charge >= 0.3 is 0 Å². The quantitative estimate of drug-likeness (QED) is 0.336. The Bertz CT molecular complexity index is 509. The van der Waals surface area contributed by atoms with Crippen LogP contribution in [0, 0.1) is 11.8 Å². The van der Waals surface area contributed by atoms with Crippen molar-refractivity contribution in [2.75, 3.05) is 45.8 Å². The van der Waals surface area contributed by atoms with Crippen LogP contribution in [0.15, 0.2) is 0 Å². The van der Waals surface area contributed by atoms with Crippen LogP contribution in [0.2, 0.25) is 0 Å². The number of rotatable bonds is 16. The molecular formula is C27H51N3O2. The molecule has 2 aliphatic heterocycles. The van der Waals surface area contributed by atoms with E-state index in [1.54, 1.807) is 0 Å². The molecule has 1 amide bonds. The molecule has 0 bridgehead atoms. The molecule has 0 spiro atoms. The smallest absolute Gasteiger partial charge is 0.221 e. The number of ketones is 1. The van der Waals surface area contributed by atoms with Gasteiger partial charge in [0.25, 0.3) is 0 Å². The van der Waals surface area contributed by atoms with Gasteiger partial charge in [0.1, 0.15) is 5.78 Å². The van der Waals surface area contributed by atoms with Gasteiger partial charge in [0, 0.05) is 38.9 Å². The van der Waals surface area contributed by atoms with Gasteiger partial charge in [-0.25, -0.2) is 0 Å². The largest absolute Gasteiger partial charge is 0.356 e. The normalized spacial score (nSPS) is 19.3. The van der Waals surface area contributed by atoms with Gasteiger partial charge in [-0.15, -0.1) is 0 Å². The molecule has 2 aliphatic rings. The summed E-state index contributed by atoms with van der Waals surface area (Å²) in [6.45, 7) is 11.6. The number of piperidine rings is 2. The first-order valence-electron chi connectivity index (χ1n) is 13.8. The summed E-state index contributed by atoms with van der Waals surface area (Å²) in [7, 11) is 0. The first kappa shape index (κ1) is 27.3. The van der Waals surface area contributed by atoms with Crippen LogP contribution < -0.4 is 5.32 Å². The highest BCUT2D eigenvalue weighted by atomic mass is 16.1. The third kappa shape index (κ3) is 11.8. The predicted molar refractivity (Wildman–Crippen MR) is 134 cm³/mol. The summed E-state index contributed by atoms with van der Waals surface area (Å²) in [4.78, 5) is 28.5. The van der Waals surface area contributed by atoms with Crippen LogP contribution in [0.4, 0.5) is 0 Å². The maximum Gasteiger partial charge on any atom is 0.221 e. The van der Waals surface area contributed by atoms with E-state index in [2.05, 4.69) is 22.0 Å². The summed E-state index contributed by atoms with van der Waals surface area (Å²) in [5.41, 5.74) is 0. The molecule has 2 fully saturated rings. The highest BCUT2D eigenvalue weighted by molar-refractivity contribution is 5.78. The van der Waals surface area contributed by atoms with Crippen LogP contribution in [-0.2, 0) is 9.59 Å². The fourth-order valence-corrected chi connectivity index (χ4v) is 5.28. The number of carbonyl (C=O) groups is 2. The van der Waals surface area contributed by atoms with Crippen LogP contribution in [0.3, 0.4) is 0 Å². The number of nitrogens with zero attached hydrogens (tertiary/aromatic N) is 2. The Morgan fingerprint density at radius 2 is 1.31 bits per heavy atom. The second kappa shape index (κ2) is 16.6. The Labute approximate surface area is 198 Å². The molecule has 0 unspecified atom stereocenters. The lowest BCUT2D eigenvalue weighted by Crippen LogP contribution is -2.37. The highest BCUT2D eigenvalue weighted by Crippen LogP contribution is 2.27. The van der Waals surface area contributed by atoms with E-state index in [1.807, 2.05) is 6.92 Å². The average Bonchev–Trinajstić information content (AvgIpc) is 2.82. The van der Waals surface area contributed by atoms with Gasteiger partial charge < -0.3 is 15.1 Å². The Balaban J connectivity index is 1.45. The monoisotopic (exact) mass is 449 g/mol. The maximum absolute atomic E-state index is 12.0. The zero-order valence-electron chi connectivity index (χ0n) is 21.2. The van der Waals surface area contributed by atoms with Crippen LogP contribution in [0.1, 0.15) is 104 Å². The second-order valence-electron chi connectivity index (χ2n) is 10.3. The van der Waals surface area contributed by atoms with E-state index in [0.29, 0.717) is 18.6 Å². The Morgan fingerprint density at radius 1 is 0.750 bits per heavy atom. The van der Waals surface area contributed by atoms with E-state index >= 15 is 0 Å². The lowest BCUT2D eigenvalue weighted by molar-refractivity contribution is -0.121. The van der Waals surface area contributed by atoms with Crippen molar-refractivity contribution >= 4 is 11.7 Å². The Morgan fingerprint density at radius 3 is 1.84 bits per heavy atom. The molecule has 5 nitrogen and oxygen atoms in total. The molecular weight excluding hydrogens is 398 g/mol. The molecule has 2 saturated heterocycles. The number of Topliss-reactive ketones (excluding diaryl/α,β-unsaturated/α-hetero) is 1. The Hall–Kier alpha value is -0.940. The number of carbonyl (C=O) groups excluding carboxylic acids is 2. The molecule has 5 heteroatoms. The number of hydrogen-bond donors (Lipinski definition) is 1. The fourth-order valence-electron chi connectivity index (χ4n) is 5.28. The van der Waals surface area contributed by atoms with Crippen LogP contribution in [-0.4, -0.2) is 67.3 Å². The molecule has 32 heavy (non-hydrogen) atoms. The number of hydrogen-bond acceptors (Lipinski definition) is 4. The van der Waals surface area contributed by atoms with E-state index in [9.17, 15) is 9.59 Å². The second-order valence-corrected chi connectivity index (χ2v) is 10.3. The minimum atomic E-state index is 0.228. The number of nitrogens with one attached hydrogen (secondary N) is 1.